The van der Waals surface area contributed by atoms with E-state index in [-0.39, 0.29) is 5.91 Å². The third-order valence-electron chi connectivity index (χ3n) is 5.28. The van der Waals surface area contributed by atoms with Crippen molar-refractivity contribution >= 4 is 29.0 Å². The highest BCUT2D eigenvalue weighted by Crippen LogP contribution is 2.25. The van der Waals surface area contributed by atoms with Gasteiger partial charge >= 0.3 is 0 Å². The zero-order valence-corrected chi connectivity index (χ0v) is 18.5. The maximum Gasteiger partial charge on any atom is 0.255 e. The van der Waals surface area contributed by atoms with Crippen molar-refractivity contribution in [1.29, 1.82) is 0 Å². The monoisotopic (exact) mass is 433 g/mol. The van der Waals surface area contributed by atoms with Crippen molar-refractivity contribution in [3.05, 3.63) is 59.8 Å². The molecule has 0 radical (unpaired) electrons. The first kappa shape index (κ1) is 21.4. The summed E-state index contributed by atoms with van der Waals surface area (Å²) in [5.74, 6) is 2.38. The van der Waals surface area contributed by atoms with Crippen LogP contribution in [0.2, 0.25) is 0 Å². The van der Waals surface area contributed by atoms with Gasteiger partial charge in [0.2, 0.25) is 5.95 Å². The number of carbonyl (C=O) groups is 1. The second-order valence-electron chi connectivity index (χ2n) is 7.64. The lowest BCUT2D eigenvalue weighted by atomic mass is 10.1. The summed E-state index contributed by atoms with van der Waals surface area (Å²) in [6.45, 7) is 4.03. The van der Waals surface area contributed by atoms with E-state index < -0.39 is 0 Å². The van der Waals surface area contributed by atoms with Crippen LogP contribution in [0, 0.1) is 6.92 Å². The Morgan fingerprint density at radius 3 is 2.16 bits per heavy atom. The smallest absolute Gasteiger partial charge is 0.255 e. The van der Waals surface area contributed by atoms with Crippen molar-refractivity contribution in [2.24, 2.45) is 0 Å². The number of amides is 1. The Kier molecular flexibility index (Phi) is 6.39. The number of carbonyl (C=O) groups excluding carboxylic acids is 1. The van der Waals surface area contributed by atoms with Gasteiger partial charge in [-0.05, 0) is 56.2 Å². The molecule has 1 aliphatic heterocycles. The van der Waals surface area contributed by atoms with Gasteiger partial charge < -0.3 is 25.0 Å². The molecule has 8 nitrogen and oxygen atoms in total. The molecular formula is C24H27N5O3. The van der Waals surface area contributed by atoms with Crippen LogP contribution in [-0.2, 0) is 0 Å². The zero-order chi connectivity index (χ0) is 22.5. The van der Waals surface area contributed by atoms with Crippen LogP contribution >= 0.6 is 0 Å². The van der Waals surface area contributed by atoms with Gasteiger partial charge in [-0.15, -0.1) is 0 Å². The Balaban J connectivity index is 1.44. The molecule has 2 aromatic carbocycles. The topological polar surface area (TPSA) is 88.6 Å². The number of hydrogen-bond acceptors (Lipinski definition) is 7. The van der Waals surface area contributed by atoms with Gasteiger partial charge in [-0.1, -0.05) is 0 Å². The summed E-state index contributed by atoms with van der Waals surface area (Å²) in [7, 11) is 3.10. The standard InChI is InChI=1S/C24H27N5O3/c1-16-12-22(29-10-4-5-11-29)28-24(25-16)27-19-8-6-18(7-9-19)26-23(30)17-13-20(31-2)15-21(14-17)32-3/h6-9,12-15H,4-5,10-11H2,1-3H3,(H,26,30)(H,25,27,28). The fourth-order valence-corrected chi connectivity index (χ4v) is 3.62. The van der Waals surface area contributed by atoms with E-state index in [0.717, 1.165) is 30.3 Å². The molecule has 0 saturated carbocycles. The van der Waals surface area contributed by atoms with E-state index >= 15 is 0 Å². The number of nitrogens with zero attached hydrogens (tertiary/aromatic N) is 3. The van der Waals surface area contributed by atoms with Crippen LogP contribution in [0.1, 0.15) is 28.9 Å². The van der Waals surface area contributed by atoms with E-state index in [1.165, 1.54) is 12.8 Å². The van der Waals surface area contributed by atoms with Crippen molar-refractivity contribution < 1.29 is 14.3 Å². The Morgan fingerprint density at radius 2 is 1.53 bits per heavy atom. The van der Waals surface area contributed by atoms with E-state index in [1.807, 2.05) is 37.3 Å². The van der Waals surface area contributed by atoms with Gasteiger partial charge in [-0.25, -0.2) is 4.98 Å². The van der Waals surface area contributed by atoms with E-state index in [0.29, 0.717) is 28.7 Å². The van der Waals surface area contributed by atoms with Crippen molar-refractivity contribution in [2.45, 2.75) is 19.8 Å². The first-order valence-corrected chi connectivity index (χ1v) is 10.6. The van der Waals surface area contributed by atoms with Crippen LogP contribution < -0.4 is 25.0 Å². The largest absolute Gasteiger partial charge is 0.497 e. The fraction of sp³-hybridized carbons (Fsp3) is 0.292. The average Bonchev–Trinajstić information content (AvgIpc) is 3.35. The van der Waals surface area contributed by atoms with Crippen molar-refractivity contribution in [2.75, 3.05) is 42.8 Å². The molecule has 1 aromatic heterocycles. The fourth-order valence-electron chi connectivity index (χ4n) is 3.62. The Hall–Kier alpha value is -3.81. The third-order valence-corrected chi connectivity index (χ3v) is 5.28. The highest BCUT2D eigenvalue weighted by molar-refractivity contribution is 6.04. The second kappa shape index (κ2) is 9.55. The Morgan fingerprint density at radius 1 is 0.906 bits per heavy atom. The zero-order valence-electron chi connectivity index (χ0n) is 18.5. The molecule has 0 aliphatic carbocycles. The number of hydrogen-bond donors (Lipinski definition) is 2. The van der Waals surface area contributed by atoms with Gasteiger partial charge in [-0.2, -0.15) is 4.98 Å². The number of aromatic nitrogens is 2. The van der Waals surface area contributed by atoms with E-state index in [1.54, 1.807) is 32.4 Å². The first-order valence-electron chi connectivity index (χ1n) is 10.6. The van der Waals surface area contributed by atoms with Crippen molar-refractivity contribution in [3.8, 4) is 11.5 Å². The molecule has 1 amide bonds. The summed E-state index contributed by atoms with van der Waals surface area (Å²) in [6.07, 6.45) is 2.39. The summed E-state index contributed by atoms with van der Waals surface area (Å²) < 4.78 is 10.5. The Labute approximate surface area is 187 Å². The lowest BCUT2D eigenvalue weighted by Crippen LogP contribution is -2.19. The molecule has 2 heterocycles. The van der Waals surface area contributed by atoms with Crippen LogP contribution in [0.15, 0.2) is 48.5 Å². The average molecular weight is 434 g/mol. The Bertz CT molecular complexity index is 1070. The van der Waals surface area contributed by atoms with Crippen LogP contribution in [-0.4, -0.2) is 43.2 Å². The van der Waals surface area contributed by atoms with Crippen molar-refractivity contribution in [1.82, 2.24) is 9.97 Å². The highest BCUT2D eigenvalue weighted by atomic mass is 16.5. The maximum absolute atomic E-state index is 12.7. The molecule has 0 atom stereocenters. The number of methoxy groups -OCH3 is 2. The molecule has 32 heavy (non-hydrogen) atoms. The number of aryl methyl sites for hydroxylation is 1. The summed E-state index contributed by atoms with van der Waals surface area (Å²) in [5, 5.41) is 6.15. The van der Waals surface area contributed by atoms with Gasteiger partial charge in [0.05, 0.1) is 14.2 Å². The molecule has 0 spiro atoms. The van der Waals surface area contributed by atoms with Gasteiger partial charge in [0, 0.05) is 47.9 Å². The van der Waals surface area contributed by atoms with Crippen LogP contribution in [0.4, 0.5) is 23.1 Å². The molecule has 2 N–H and O–H groups in total. The van der Waals surface area contributed by atoms with Crippen molar-refractivity contribution in [3.63, 3.8) is 0 Å². The quantitative estimate of drug-likeness (QED) is 0.571. The van der Waals surface area contributed by atoms with Gasteiger partial charge in [0.15, 0.2) is 0 Å². The van der Waals surface area contributed by atoms with Gasteiger partial charge in [0.1, 0.15) is 17.3 Å². The predicted molar refractivity (Wildman–Crippen MR) is 125 cm³/mol. The number of ether oxygens (including phenoxy) is 2. The van der Waals surface area contributed by atoms with Crippen LogP contribution in [0.25, 0.3) is 0 Å². The molecular weight excluding hydrogens is 406 g/mol. The van der Waals surface area contributed by atoms with Crippen LogP contribution in [0.3, 0.4) is 0 Å². The summed E-state index contributed by atoms with van der Waals surface area (Å²) in [6, 6.07) is 14.5. The molecule has 3 aromatic rings. The molecule has 166 valence electrons. The predicted octanol–water partition coefficient (Wildman–Crippen LogP) is 4.40. The summed E-state index contributed by atoms with van der Waals surface area (Å²) >= 11 is 0. The molecule has 1 fully saturated rings. The normalized spacial score (nSPS) is 13.0. The van der Waals surface area contributed by atoms with Gasteiger partial charge in [0.25, 0.3) is 5.91 Å². The minimum atomic E-state index is -0.250. The number of rotatable bonds is 7. The molecule has 0 unspecified atom stereocenters. The van der Waals surface area contributed by atoms with E-state index in [4.69, 9.17) is 9.47 Å². The molecule has 1 aliphatic rings. The number of nitrogens with one attached hydrogen (secondary N) is 2. The van der Waals surface area contributed by atoms with Crippen LogP contribution in [0.5, 0.6) is 11.5 Å². The molecule has 1 saturated heterocycles. The highest BCUT2D eigenvalue weighted by Gasteiger charge is 2.15. The third kappa shape index (κ3) is 5.08. The molecule has 0 bridgehead atoms. The maximum atomic E-state index is 12.7. The minimum absolute atomic E-state index is 0.250. The lowest BCUT2D eigenvalue weighted by molar-refractivity contribution is 0.102. The summed E-state index contributed by atoms with van der Waals surface area (Å²) in [5.41, 5.74) is 2.88. The first-order chi connectivity index (χ1) is 15.5. The summed E-state index contributed by atoms with van der Waals surface area (Å²) in [4.78, 5) is 24.1. The van der Waals surface area contributed by atoms with Gasteiger partial charge in [-0.3, -0.25) is 4.79 Å². The number of anilines is 4. The SMILES string of the molecule is COc1cc(OC)cc(C(=O)Nc2ccc(Nc3nc(C)cc(N4CCCC4)n3)cc2)c1. The van der Waals surface area contributed by atoms with E-state index in [2.05, 4.69) is 25.5 Å². The minimum Gasteiger partial charge on any atom is -0.497 e. The lowest BCUT2D eigenvalue weighted by Gasteiger charge is -2.17. The number of benzene rings is 2. The molecule has 8 heteroatoms. The molecule has 4 rings (SSSR count). The van der Waals surface area contributed by atoms with E-state index in [9.17, 15) is 4.79 Å². The second-order valence-corrected chi connectivity index (χ2v) is 7.64.